The van der Waals surface area contributed by atoms with Gasteiger partial charge in [-0.15, -0.1) is 0 Å². The van der Waals surface area contributed by atoms with Crippen LogP contribution in [0.1, 0.15) is 36.1 Å². The standard InChI is InChI=1S/C20H30N2O2/c1-15-11-17-13-19(24-20(17)12-16(15)2)14-22-8-5-18(6-9-22)21(3)7-4-10-23/h11-13,18,23H,4-10,14H2,1-3H3. The van der Waals surface area contributed by atoms with Crippen LogP contribution in [0.15, 0.2) is 22.6 Å². The van der Waals surface area contributed by atoms with Crippen molar-refractivity contribution in [3.05, 3.63) is 35.1 Å². The van der Waals surface area contributed by atoms with Gasteiger partial charge < -0.3 is 14.4 Å². The fraction of sp³-hybridized carbons (Fsp3) is 0.600. The van der Waals surface area contributed by atoms with Crippen molar-refractivity contribution in [2.75, 3.05) is 33.3 Å². The number of aliphatic hydroxyl groups is 1. The first-order chi connectivity index (χ1) is 11.6. The van der Waals surface area contributed by atoms with Crippen molar-refractivity contribution in [3.8, 4) is 0 Å². The molecule has 0 spiro atoms. The first-order valence-electron chi connectivity index (χ1n) is 9.10. The van der Waals surface area contributed by atoms with Gasteiger partial charge in [-0.05, 0) is 69.5 Å². The number of furan rings is 1. The van der Waals surface area contributed by atoms with Crippen LogP contribution in [-0.4, -0.2) is 54.2 Å². The highest BCUT2D eigenvalue weighted by Gasteiger charge is 2.22. The van der Waals surface area contributed by atoms with Crippen LogP contribution in [0.25, 0.3) is 11.0 Å². The highest BCUT2D eigenvalue weighted by Crippen LogP contribution is 2.25. The molecule has 0 unspecified atom stereocenters. The third-order valence-electron chi connectivity index (χ3n) is 5.41. The van der Waals surface area contributed by atoms with E-state index in [0.717, 1.165) is 43.9 Å². The minimum absolute atomic E-state index is 0.286. The maximum atomic E-state index is 8.97. The van der Waals surface area contributed by atoms with E-state index in [9.17, 15) is 0 Å². The second kappa shape index (κ2) is 7.68. The second-order valence-electron chi connectivity index (χ2n) is 7.25. The van der Waals surface area contributed by atoms with Crippen LogP contribution in [0.5, 0.6) is 0 Å². The van der Waals surface area contributed by atoms with Crippen LogP contribution in [0.3, 0.4) is 0 Å². The van der Waals surface area contributed by atoms with Crippen LogP contribution in [0.4, 0.5) is 0 Å². The van der Waals surface area contributed by atoms with Crippen molar-refractivity contribution in [3.63, 3.8) is 0 Å². The summed E-state index contributed by atoms with van der Waals surface area (Å²) in [6.07, 6.45) is 3.26. The van der Waals surface area contributed by atoms with Crippen molar-refractivity contribution in [2.24, 2.45) is 0 Å². The molecule has 4 nitrogen and oxygen atoms in total. The average Bonchev–Trinajstić information content (AvgIpc) is 2.94. The molecule has 1 aliphatic rings. The van der Waals surface area contributed by atoms with Gasteiger partial charge in [0, 0.05) is 37.7 Å². The zero-order chi connectivity index (χ0) is 17.1. The summed E-state index contributed by atoms with van der Waals surface area (Å²) in [7, 11) is 2.18. The molecule has 0 bridgehead atoms. The molecule has 4 heteroatoms. The molecule has 1 aliphatic heterocycles. The summed E-state index contributed by atoms with van der Waals surface area (Å²) in [5.41, 5.74) is 3.61. The lowest BCUT2D eigenvalue weighted by atomic mass is 10.0. The van der Waals surface area contributed by atoms with Crippen LogP contribution in [0.2, 0.25) is 0 Å². The molecule has 1 aromatic carbocycles. The monoisotopic (exact) mass is 330 g/mol. The number of benzene rings is 1. The number of piperidine rings is 1. The van der Waals surface area contributed by atoms with E-state index in [1.165, 1.54) is 29.4 Å². The van der Waals surface area contributed by atoms with E-state index in [4.69, 9.17) is 9.52 Å². The van der Waals surface area contributed by atoms with Gasteiger partial charge in [0.1, 0.15) is 11.3 Å². The lowest BCUT2D eigenvalue weighted by molar-refractivity contribution is 0.113. The first-order valence-corrected chi connectivity index (χ1v) is 9.10. The zero-order valence-corrected chi connectivity index (χ0v) is 15.2. The predicted octanol–water partition coefficient (Wildman–Crippen LogP) is 3.33. The summed E-state index contributed by atoms with van der Waals surface area (Å²) in [6, 6.07) is 7.21. The van der Waals surface area contributed by atoms with Gasteiger partial charge in [0.25, 0.3) is 0 Å². The minimum Gasteiger partial charge on any atom is -0.460 e. The topological polar surface area (TPSA) is 39.9 Å². The number of fused-ring (bicyclic) bond motifs is 1. The van der Waals surface area contributed by atoms with Crippen LogP contribution < -0.4 is 0 Å². The molecule has 3 rings (SSSR count). The van der Waals surface area contributed by atoms with Gasteiger partial charge in [0.2, 0.25) is 0 Å². The van der Waals surface area contributed by atoms with Crippen molar-refractivity contribution in [1.29, 1.82) is 0 Å². The third-order valence-corrected chi connectivity index (χ3v) is 5.41. The molecule has 132 valence electrons. The zero-order valence-electron chi connectivity index (χ0n) is 15.2. The predicted molar refractivity (Wildman–Crippen MR) is 98.3 cm³/mol. The molecule has 24 heavy (non-hydrogen) atoms. The smallest absolute Gasteiger partial charge is 0.134 e. The van der Waals surface area contributed by atoms with Gasteiger partial charge in [0.15, 0.2) is 0 Å². The number of hydrogen-bond donors (Lipinski definition) is 1. The highest BCUT2D eigenvalue weighted by atomic mass is 16.3. The molecular weight excluding hydrogens is 300 g/mol. The van der Waals surface area contributed by atoms with Crippen molar-refractivity contribution in [1.82, 2.24) is 9.80 Å². The Hall–Kier alpha value is -1.36. The minimum atomic E-state index is 0.286. The van der Waals surface area contributed by atoms with E-state index in [1.54, 1.807) is 0 Å². The summed E-state index contributed by atoms with van der Waals surface area (Å²) in [4.78, 5) is 4.90. The number of aryl methyl sites for hydroxylation is 2. The van der Waals surface area contributed by atoms with Crippen LogP contribution in [0, 0.1) is 13.8 Å². The molecule has 0 amide bonds. The van der Waals surface area contributed by atoms with Gasteiger partial charge in [-0.3, -0.25) is 4.90 Å². The fourth-order valence-corrected chi connectivity index (χ4v) is 3.68. The number of nitrogens with zero attached hydrogens (tertiary/aromatic N) is 2. The number of likely N-dealkylation sites (tertiary alicyclic amines) is 1. The van der Waals surface area contributed by atoms with E-state index < -0.39 is 0 Å². The van der Waals surface area contributed by atoms with E-state index in [-0.39, 0.29) is 6.61 Å². The van der Waals surface area contributed by atoms with Gasteiger partial charge in [-0.2, -0.15) is 0 Å². The SMILES string of the molecule is Cc1cc2cc(CN3CCC(N(C)CCCO)CC3)oc2cc1C. The van der Waals surface area contributed by atoms with E-state index >= 15 is 0 Å². The Morgan fingerprint density at radius 1 is 1.17 bits per heavy atom. The highest BCUT2D eigenvalue weighted by molar-refractivity contribution is 5.79. The Morgan fingerprint density at radius 2 is 1.88 bits per heavy atom. The van der Waals surface area contributed by atoms with Gasteiger partial charge >= 0.3 is 0 Å². The Kier molecular flexibility index (Phi) is 5.59. The molecule has 2 aromatic rings. The van der Waals surface area contributed by atoms with Crippen LogP contribution >= 0.6 is 0 Å². The van der Waals surface area contributed by atoms with Crippen molar-refractivity contribution >= 4 is 11.0 Å². The number of hydrogen-bond acceptors (Lipinski definition) is 4. The van der Waals surface area contributed by atoms with Crippen molar-refractivity contribution < 1.29 is 9.52 Å². The average molecular weight is 330 g/mol. The summed E-state index contributed by atoms with van der Waals surface area (Å²) in [5.74, 6) is 1.07. The second-order valence-corrected chi connectivity index (χ2v) is 7.25. The summed E-state index contributed by atoms with van der Waals surface area (Å²) in [6.45, 7) is 8.69. The lowest BCUT2D eigenvalue weighted by Crippen LogP contribution is -2.43. The molecule has 0 radical (unpaired) electrons. The third kappa shape index (κ3) is 4.00. The Bertz CT molecular complexity index is 633. The van der Waals surface area contributed by atoms with E-state index in [0.29, 0.717) is 6.04 Å². The fourth-order valence-electron chi connectivity index (χ4n) is 3.68. The van der Waals surface area contributed by atoms with Crippen LogP contribution in [-0.2, 0) is 6.54 Å². The quantitative estimate of drug-likeness (QED) is 0.882. The number of aliphatic hydroxyl groups excluding tert-OH is 1. The summed E-state index contributed by atoms with van der Waals surface area (Å²) >= 11 is 0. The van der Waals surface area contributed by atoms with Gasteiger partial charge in [0.05, 0.1) is 6.54 Å². The molecule has 1 N–H and O–H groups in total. The largest absolute Gasteiger partial charge is 0.460 e. The lowest BCUT2D eigenvalue weighted by Gasteiger charge is -2.36. The first kappa shape index (κ1) is 17.5. The van der Waals surface area contributed by atoms with Gasteiger partial charge in [-0.25, -0.2) is 0 Å². The van der Waals surface area contributed by atoms with Crippen molar-refractivity contribution in [2.45, 2.75) is 45.7 Å². The summed E-state index contributed by atoms with van der Waals surface area (Å²) in [5, 5.41) is 10.2. The van der Waals surface area contributed by atoms with E-state index in [1.807, 2.05) is 0 Å². The molecule has 0 aliphatic carbocycles. The van der Waals surface area contributed by atoms with Gasteiger partial charge in [-0.1, -0.05) is 0 Å². The Balaban J connectivity index is 1.56. The Labute approximate surface area is 145 Å². The molecular formula is C20H30N2O2. The molecule has 1 fully saturated rings. The molecule has 0 atom stereocenters. The summed E-state index contributed by atoms with van der Waals surface area (Å²) < 4.78 is 6.05. The van der Waals surface area contributed by atoms with E-state index in [2.05, 4.69) is 48.9 Å². The maximum Gasteiger partial charge on any atom is 0.134 e. The Morgan fingerprint density at radius 3 is 2.58 bits per heavy atom. The number of rotatable bonds is 6. The molecule has 2 heterocycles. The molecule has 1 aromatic heterocycles. The maximum absolute atomic E-state index is 8.97. The normalized spacial score (nSPS) is 17.2. The molecule has 1 saturated heterocycles. The molecule has 0 saturated carbocycles.